The summed E-state index contributed by atoms with van der Waals surface area (Å²) in [6.45, 7) is 5.83. The largest absolute Gasteiger partial charge is 0.324 e. The van der Waals surface area contributed by atoms with Crippen LogP contribution in [-0.4, -0.2) is 27.6 Å². The highest BCUT2D eigenvalue weighted by molar-refractivity contribution is 8.26. The van der Waals surface area contributed by atoms with E-state index in [1.165, 1.54) is 16.7 Å². The molecule has 0 atom stereocenters. The fourth-order valence-corrected chi connectivity index (χ4v) is 4.37. The van der Waals surface area contributed by atoms with E-state index in [4.69, 9.17) is 12.2 Å². The highest BCUT2D eigenvalue weighted by Gasteiger charge is 2.33. The van der Waals surface area contributed by atoms with Gasteiger partial charge in [-0.1, -0.05) is 84.2 Å². The summed E-state index contributed by atoms with van der Waals surface area (Å²) in [7, 11) is 0. The number of allylic oxidation sites excluding steroid dienone is 2. The Kier molecular flexibility index (Phi) is 6.67. The van der Waals surface area contributed by atoms with Crippen molar-refractivity contribution in [2.75, 3.05) is 11.9 Å². The number of amides is 2. The van der Waals surface area contributed by atoms with Gasteiger partial charge in [-0.3, -0.25) is 14.5 Å². The van der Waals surface area contributed by atoms with Gasteiger partial charge < -0.3 is 5.32 Å². The zero-order valence-electron chi connectivity index (χ0n) is 16.6. The highest BCUT2D eigenvalue weighted by Crippen LogP contribution is 2.31. The molecule has 0 spiro atoms. The summed E-state index contributed by atoms with van der Waals surface area (Å²) in [5, 5.41) is 2.92. The molecular weight excluding hydrogens is 400 g/mol. The molecule has 1 aliphatic heterocycles. The molecule has 0 radical (unpaired) electrons. The summed E-state index contributed by atoms with van der Waals surface area (Å²) in [5.74, 6) is -0.511. The molecule has 4 nitrogen and oxygen atoms in total. The van der Waals surface area contributed by atoms with Crippen LogP contribution in [0.15, 0.2) is 59.5 Å². The van der Waals surface area contributed by atoms with Crippen LogP contribution >= 0.6 is 24.0 Å². The maximum absolute atomic E-state index is 12.7. The number of nitrogens with one attached hydrogen (secondary N) is 1. The lowest BCUT2D eigenvalue weighted by molar-refractivity contribution is -0.126. The summed E-state index contributed by atoms with van der Waals surface area (Å²) < 4.78 is 0.391. The van der Waals surface area contributed by atoms with E-state index >= 15 is 0 Å². The zero-order chi connectivity index (χ0) is 21.0. The van der Waals surface area contributed by atoms with Crippen LogP contribution in [0, 0.1) is 20.8 Å². The Bertz CT molecular complexity index is 1000. The minimum Gasteiger partial charge on any atom is -0.324 e. The van der Waals surface area contributed by atoms with E-state index in [-0.39, 0.29) is 18.4 Å². The van der Waals surface area contributed by atoms with Gasteiger partial charge in [0.15, 0.2) is 0 Å². The van der Waals surface area contributed by atoms with Crippen molar-refractivity contribution < 1.29 is 9.59 Å². The molecular formula is C23H22N2O2S2. The van der Waals surface area contributed by atoms with Gasteiger partial charge in [-0.2, -0.15) is 0 Å². The van der Waals surface area contributed by atoms with Crippen LogP contribution in [0.4, 0.5) is 5.69 Å². The minimum atomic E-state index is -0.266. The molecule has 148 valence electrons. The number of rotatable bonds is 5. The molecule has 1 fully saturated rings. The minimum absolute atomic E-state index is 0.100. The van der Waals surface area contributed by atoms with Crippen molar-refractivity contribution in [2.24, 2.45) is 0 Å². The van der Waals surface area contributed by atoms with Gasteiger partial charge in [0, 0.05) is 5.69 Å². The van der Waals surface area contributed by atoms with Crippen LogP contribution < -0.4 is 5.32 Å². The quantitative estimate of drug-likeness (QED) is 0.544. The van der Waals surface area contributed by atoms with Crippen molar-refractivity contribution in [3.8, 4) is 0 Å². The summed E-state index contributed by atoms with van der Waals surface area (Å²) in [4.78, 5) is 27.1. The molecule has 0 aliphatic carbocycles. The molecule has 0 bridgehead atoms. The van der Waals surface area contributed by atoms with E-state index in [1.54, 1.807) is 6.08 Å². The maximum atomic E-state index is 12.7. The van der Waals surface area contributed by atoms with Crippen molar-refractivity contribution in [1.29, 1.82) is 0 Å². The average Bonchev–Trinajstić information content (AvgIpc) is 2.93. The lowest BCUT2D eigenvalue weighted by atomic mass is 10.1. The third kappa shape index (κ3) is 5.22. The Balaban J connectivity index is 1.66. The number of hydrogen-bond acceptors (Lipinski definition) is 4. The molecule has 3 rings (SSSR count). The Morgan fingerprint density at radius 2 is 1.79 bits per heavy atom. The molecule has 2 aromatic carbocycles. The van der Waals surface area contributed by atoms with Gasteiger partial charge in [-0.25, -0.2) is 0 Å². The lowest BCUT2D eigenvalue weighted by Crippen LogP contribution is -2.36. The second-order valence-corrected chi connectivity index (χ2v) is 8.56. The van der Waals surface area contributed by atoms with Gasteiger partial charge in [-0.15, -0.1) is 0 Å². The fourth-order valence-electron chi connectivity index (χ4n) is 3.16. The van der Waals surface area contributed by atoms with Gasteiger partial charge in [-0.05, 0) is 43.5 Å². The molecule has 6 heteroatoms. The van der Waals surface area contributed by atoms with Gasteiger partial charge in [0.1, 0.15) is 10.9 Å². The van der Waals surface area contributed by atoms with Crippen LogP contribution in [0.3, 0.4) is 0 Å². The molecule has 2 amide bonds. The number of carbonyl (C=O) groups is 2. The Morgan fingerprint density at radius 1 is 1.14 bits per heavy atom. The number of aryl methyl sites for hydroxylation is 3. The van der Waals surface area contributed by atoms with Crippen LogP contribution in [0.2, 0.25) is 0 Å². The van der Waals surface area contributed by atoms with Crippen molar-refractivity contribution in [3.63, 3.8) is 0 Å². The van der Waals surface area contributed by atoms with Gasteiger partial charge in [0.05, 0.1) is 4.91 Å². The van der Waals surface area contributed by atoms with Gasteiger partial charge >= 0.3 is 0 Å². The number of thiocarbonyl (C=S) groups is 1. The molecule has 1 heterocycles. The molecule has 2 aromatic rings. The smallest absolute Gasteiger partial charge is 0.266 e. The summed E-state index contributed by atoms with van der Waals surface area (Å²) in [6, 6.07) is 13.9. The maximum Gasteiger partial charge on any atom is 0.266 e. The number of benzene rings is 2. The van der Waals surface area contributed by atoms with Crippen molar-refractivity contribution in [2.45, 2.75) is 20.8 Å². The number of thioether (sulfide) groups is 1. The molecule has 0 unspecified atom stereocenters. The van der Waals surface area contributed by atoms with E-state index in [0.29, 0.717) is 9.23 Å². The van der Waals surface area contributed by atoms with Crippen molar-refractivity contribution in [1.82, 2.24) is 4.90 Å². The first-order chi connectivity index (χ1) is 13.8. The third-order valence-corrected chi connectivity index (χ3v) is 5.85. The third-order valence-electron chi connectivity index (χ3n) is 4.45. The zero-order valence-corrected chi connectivity index (χ0v) is 18.2. The van der Waals surface area contributed by atoms with Gasteiger partial charge in [0.25, 0.3) is 5.91 Å². The first kappa shape index (κ1) is 21.0. The standard InChI is InChI=1S/C23H22N2O2S2/c1-15-12-16(2)21(17(3)13-15)24-20(26)14-25-22(27)19(29-23(25)28)11-7-10-18-8-5-4-6-9-18/h4-13H,14H2,1-3H3,(H,24,26)/b10-7+,19-11-. The highest BCUT2D eigenvalue weighted by atomic mass is 32.2. The molecule has 1 saturated heterocycles. The number of hydrogen-bond donors (Lipinski definition) is 1. The first-order valence-electron chi connectivity index (χ1n) is 9.20. The molecule has 0 aromatic heterocycles. The summed E-state index contributed by atoms with van der Waals surface area (Å²) >= 11 is 6.52. The molecule has 1 N–H and O–H groups in total. The predicted octanol–water partition coefficient (Wildman–Crippen LogP) is 5.01. The normalized spacial score (nSPS) is 15.6. The first-order valence-corrected chi connectivity index (χ1v) is 10.4. The molecule has 1 aliphatic rings. The molecule has 29 heavy (non-hydrogen) atoms. The summed E-state index contributed by atoms with van der Waals surface area (Å²) in [5.41, 5.74) is 4.96. The van der Waals surface area contributed by atoms with Crippen LogP contribution in [-0.2, 0) is 9.59 Å². The lowest BCUT2D eigenvalue weighted by Gasteiger charge is -2.16. The Morgan fingerprint density at radius 3 is 2.45 bits per heavy atom. The van der Waals surface area contributed by atoms with E-state index in [2.05, 4.69) is 5.32 Å². The Labute approximate surface area is 180 Å². The van der Waals surface area contributed by atoms with E-state index in [9.17, 15) is 9.59 Å². The van der Waals surface area contributed by atoms with Gasteiger partial charge in [0.2, 0.25) is 5.91 Å². The van der Waals surface area contributed by atoms with Crippen molar-refractivity contribution in [3.05, 3.63) is 81.8 Å². The Hall–Kier alpha value is -2.70. The monoisotopic (exact) mass is 422 g/mol. The number of carbonyl (C=O) groups excluding carboxylic acids is 2. The predicted molar refractivity (Wildman–Crippen MR) is 125 cm³/mol. The molecule has 0 saturated carbocycles. The number of nitrogens with zero attached hydrogens (tertiary/aromatic N) is 1. The fraction of sp³-hybridized carbons (Fsp3) is 0.174. The van der Waals surface area contributed by atoms with Crippen LogP contribution in [0.25, 0.3) is 6.08 Å². The average molecular weight is 423 g/mol. The second kappa shape index (κ2) is 9.20. The number of anilines is 1. The van der Waals surface area contributed by atoms with E-state index < -0.39 is 0 Å². The van der Waals surface area contributed by atoms with Crippen molar-refractivity contribution >= 4 is 51.9 Å². The van der Waals surface area contributed by atoms with E-state index in [0.717, 1.165) is 27.9 Å². The second-order valence-electron chi connectivity index (χ2n) is 6.88. The van der Waals surface area contributed by atoms with Crippen LogP contribution in [0.5, 0.6) is 0 Å². The topological polar surface area (TPSA) is 49.4 Å². The summed E-state index contributed by atoms with van der Waals surface area (Å²) in [6.07, 6.45) is 5.47. The van der Waals surface area contributed by atoms with Crippen LogP contribution in [0.1, 0.15) is 22.3 Å². The van der Waals surface area contributed by atoms with E-state index in [1.807, 2.05) is 75.4 Å². The SMILES string of the molecule is Cc1cc(C)c(NC(=O)CN2C(=O)/C(=C/C=C/c3ccccc3)SC2=S)c(C)c1.